The number of aliphatic hydroxyl groups is 1. The van der Waals surface area contributed by atoms with Crippen LogP contribution in [0.1, 0.15) is 18.2 Å². The summed E-state index contributed by atoms with van der Waals surface area (Å²) in [5.41, 5.74) is 2.84. The molecule has 0 spiro atoms. The Kier molecular flexibility index (Phi) is 6.95. The SMILES string of the molecule is CCc1ccc(OCC(O)CSc2nnnn2-c2c(C)n(C)n(-c3ccccc3)c2=O)cc1. The molecule has 9 nitrogen and oxygen atoms in total. The number of para-hydroxylation sites is 1. The molecule has 0 amide bonds. The quantitative estimate of drug-likeness (QED) is 0.379. The highest BCUT2D eigenvalue weighted by atomic mass is 32.2. The highest BCUT2D eigenvalue weighted by Gasteiger charge is 2.22. The summed E-state index contributed by atoms with van der Waals surface area (Å²) in [6.45, 7) is 4.09. The minimum absolute atomic E-state index is 0.144. The van der Waals surface area contributed by atoms with Crippen LogP contribution >= 0.6 is 11.8 Å². The van der Waals surface area contributed by atoms with Crippen molar-refractivity contribution in [2.45, 2.75) is 31.5 Å². The molecule has 1 unspecified atom stereocenters. The average molecular weight is 467 g/mol. The van der Waals surface area contributed by atoms with Gasteiger partial charge in [-0.1, -0.05) is 49.0 Å². The van der Waals surface area contributed by atoms with Crippen LogP contribution in [0.4, 0.5) is 0 Å². The molecule has 4 aromatic rings. The van der Waals surface area contributed by atoms with E-state index in [2.05, 4.69) is 22.4 Å². The van der Waals surface area contributed by atoms with Gasteiger partial charge in [0.2, 0.25) is 5.16 Å². The number of hydrogen-bond donors (Lipinski definition) is 1. The van der Waals surface area contributed by atoms with Crippen molar-refractivity contribution in [2.24, 2.45) is 7.05 Å². The van der Waals surface area contributed by atoms with Crippen LogP contribution in [0.3, 0.4) is 0 Å². The van der Waals surface area contributed by atoms with Gasteiger partial charge in [-0.05, 0) is 53.6 Å². The highest BCUT2D eigenvalue weighted by Crippen LogP contribution is 2.21. The predicted molar refractivity (Wildman–Crippen MR) is 127 cm³/mol. The Morgan fingerprint density at radius 1 is 1.12 bits per heavy atom. The lowest BCUT2D eigenvalue weighted by molar-refractivity contribution is 0.126. The Hall–Kier alpha value is -3.37. The van der Waals surface area contributed by atoms with Crippen molar-refractivity contribution in [1.29, 1.82) is 0 Å². The molecule has 33 heavy (non-hydrogen) atoms. The summed E-state index contributed by atoms with van der Waals surface area (Å²) < 4.78 is 10.5. The molecule has 4 rings (SSSR count). The Labute approximate surface area is 195 Å². The van der Waals surface area contributed by atoms with Crippen molar-refractivity contribution < 1.29 is 9.84 Å². The van der Waals surface area contributed by atoms with E-state index in [-0.39, 0.29) is 12.2 Å². The fraction of sp³-hybridized carbons (Fsp3) is 0.304. The van der Waals surface area contributed by atoms with Crippen LogP contribution in [0.2, 0.25) is 0 Å². The number of ether oxygens (including phenoxy) is 1. The summed E-state index contributed by atoms with van der Waals surface area (Å²) in [5, 5.41) is 22.6. The van der Waals surface area contributed by atoms with Gasteiger partial charge in [-0.15, -0.1) is 5.10 Å². The Balaban J connectivity index is 1.47. The van der Waals surface area contributed by atoms with Gasteiger partial charge in [0.25, 0.3) is 5.56 Å². The van der Waals surface area contributed by atoms with Crippen LogP contribution in [0.15, 0.2) is 64.5 Å². The first-order chi connectivity index (χ1) is 16.0. The summed E-state index contributed by atoms with van der Waals surface area (Å²) >= 11 is 1.27. The lowest BCUT2D eigenvalue weighted by atomic mass is 10.2. The molecule has 0 saturated carbocycles. The van der Waals surface area contributed by atoms with E-state index < -0.39 is 6.10 Å². The third-order valence-electron chi connectivity index (χ3n) is 5.36. The van der Waals surface area contributed by atoms with Crippen LogP contribution in [-0.4, -0.2) is 53.1 Å². The number of aromatic nitrogens is 6. The van der Waals surface area contributed by atoms with Crippen LogP contribution < -0.4 is 10.3 Å². The molecule has 10 heteroatoms. The molecule has 2 heterocycles. The number of rotatable bonds is 9. The molecule has 0 aliphatic heterocycles. The summed E-state index contributed by atoms with van der Waals surface area (Å²) in [4.78, 5) is 13.3. The van der Waals surface area contributed by atoms with Crippen molar-refractivity contribution in [3.05, 3.63) is 76.2 Å². The molecule has 0 radical (unpaired) electrons. The van der Waals surface area contributed by atoms with E-state index >= 15 is 0 Å². The summed E-state index contributed by atoms with van der Waals surface area (Å²) in [6, 6.07) is 17.2. The smallest absolute Gasteiger partial charge is 0.297 e. The van der Waals surface area contributed by atoms with E-state index in [1.807, 2.05) is 68.6 Å². The first kappa shape index (κ1) is 22.8. The number of nitrogens with zero attached hydrogens (tertiary/aromatic N) is 6. The van der Waals surface area contributed by atoms with Gasteiger partial charge in [0, 0.05) is 12.8 Å². The van der Waals surface area contributed by atoms with Gasteiger partial charge < -0.3 is 9.84 Å². The van der Waals surface area contributed by atoms with Crippen molar-refractivity contribution in [1.82, 2.24) is 29.6 Å². The normalized spacial score (nSPS) is 12.1. The number of tetrazole rings is 1. The number of benzene rings is 2. The molecule has 2 aromatic heterocycles. The standard InChI is InChI=1S/C23H26N6O3S/c1-4-17-10-12-20(13-11-17)32-14-19(30)15-33-23-24-25-26-28(23)21-16(2)27(3)29(22(21)31)18-8-6-5-7-9-18/h5-13,19,30H,4,14-15H2,1-3H3. The minimum Gasteiger partial charge on any atom is -0.491 e. The van der Waals surface area contributed by atoms with E-state index in [1.54, 1.807) is 9.36 Å². The fourth-order valence-electron chi connectivity index (χ4n) is 3.44. The second-order valence-electron chi connectivity index (χ2n) is 7.56. The first-order valence-electron chi connectivity index (χ1n) is 10.6. The second-order valence-corrected chi connectivity index (χ2v) is 8.54. The summed E-state index contributed by atoms with van der Waals surface area (Å²) in [5.74, 6) is 1.02. The number of aliphatic hydroxyl groups excluding tert-OH is 1. The Bertz CT molecular complexity index is 1260. The van der Waals surface area contributed by atoms with E-state index in [9.17, 15) is 9.90 Å². The van der Waals surface area contributed by atoms with Gasteiger partial charge in [0.05, 0.1) is 17.5 Å². The van der Waals surface area contributed by atoms with Crippen molar-refractivity contribution >= 4 is 11.8 Å². The predicted octanol–water partition coefficient (Wildman–Crippen LogP) is 2.55. The molecule has 172 valence electrons. The maximum absolute atomic E-state index is 13.3. The average Bonchev–Trinajstić information content (AvgIpc) is 3.38. The number of hydrogen-bond acceptors (Lipinski definition) is 7. The topological polar surface area (TPSA) is 100.0 Å². The molecule has 0 saturated heterocycles. The van der Waals surface area contributed by atoms with Crippen LogP contribution in [0, 0.1) is 6.92 Å². The molecule has 0 bridgehead atoms. The molecular formula is C23H26N6O3S. The van der Waals surface area contributed by atoms with Crippen LogP contribution in [-0.2, 0) is 13.5 Å². The van der Waals surface area contributed by atoms with E-state index in [0.717, 1.165) is 17.8 Å². The van der Waals surface area contributed by atoms with Crippen molar-refractivity contribution in [2.75, 3.05) is 12.4 Å². The second kappa shape index (κ2) is 10.1. The van der Waals surface area contributed by atoms with Crippen LogP contribution in [0.25, 0.3) is 11.4 Å². The molecular weight excluding hydrogens is 440 g/mol. The van der Waals surface area contributed by atoms with Crippen LogP contribution in [0.5, 0.6) is 5.75 Å². The first-order valence-corrected chi connectivity index (χ1v) is 11.6. The maximum Gasteiger partial charge on any atom is 0.297 e. The summed E-state index contributed by atoms with van der Waals surface area (Å²) in [6.07, 6.45) is 0.231. The lowest BCUT2D eigenvalue weighted by Crippen LogP contribution is -2.22. The zero-order chi connectivity index (χ0) is 23.4. The molecule has 2 aromatic carbocycles. The highest BCUT2D eigenvalue weighted by molar-refractivity contribution is 7.99. The lowest BCUT2D eigenvalue weighted by Gasteiger charge is -2.12. The van der Waals surface area contributed by atoms with Gasteiger partial charge in [-0.3, -0.25) is 9.48 Å². The molecule has 1 N–H and O–H groups in total. The molecule has 1 atom stereocenters. The van der Waals surface area contributed by atoms with E-state index in [1.165, 1.54) is 22.0 Å². The minimum atomic E-state index is -0.733. The van der Waals surface area contributed by atoms with E-state index in [0.29, 0.717) is 22.3 Å². The van der Waals surface area contributed by atoms with Gasteiger partial charge >= 0.3 is 0 Å². The Morgan fingerprint density at radius 2 is 1.85 bits per heavy atom. The van der Waals surface area contributed by atoms with Gasteiger partial charge in [-0.2, -0.15) is 4.68 Å². The van der Waals surface area contributed by atoms with E-state index in [4.69, 9.17) is 4.74 Å². The number of thioether (sulfide) groups is 1. The maximum atomic E-state index is 13.3. The zero-order valence-corrected chi connectivity index (χ0v) is 19.6. The Morgan fingerprint density at radius 3 is 2.55 bits per heavy atom. The molecule has 0 aliphatic carbocycles. The fourth-order valence-corrected chi connectivity index (χ4v) is 4.22. The van der Waals surface area contributed by atoms with Crippen molar-refractivity contribution in [3.63, 3.8) is 0 Å². The zero-order valence-electron chi connectivity index (χ0n) is 18.8. The molecule has 0 fully saturated rings. The van der Waals surface area contributed by atoms with Gasteiger partial charge in [0.15, 0.2) is 5.69 Å². The third kappa shape index (κ3) is 4.86. The van der Waals surface area contributed by atoms with Crippen molar-refractivity contribution in [3.8, 4) is 17.1 Å². The summed E-state index contributed by atoms with van der Waals surface area (Å²) in [7, 11) is 1.82. The number of aryl methyl sites for hydroxylation is 1. The largest absolute Gasteiger partial charge is 0.491 e. The van der Waals surface area contributed by atoms with Gasteiger partial charge in [0.1, 0.15) is 12.4 Å². The third-order valence-corrected chi connectivity index (χ3v) is 6.42. The molecule has 0 aliphatic rings. The monoisotopic (exact) mass is 466 g/mol. The van der Waals surface area contributed by atoms with Gasteiger partial charge in [-0.25, -0.2) is 4.68 Å².